The number of anilines is 1. The van der Waals surface area contributed by atoms with E-state index in [4.69, 9.17) is 0 Å². The standard InChI is InChI=1S/C25H31F3N6O2S/c1-31(2)37(35,36)15-20-5-3-19(4-6-20)13-32-9-7-24(16-32)8-10-33(17-24)23-22-11-21(12-25(26,27)28)14-34(22)30-18-29-23/h3-6,11,14,18H,7-10,12-13,15-17H2,1-2H3. The Hall–Kier alpha value is -2.70. The van der Waals surface area contributed by atoms with Crippen LogP contribution in [0.5, 0.6) is 0 Å². The Bertz CT molecular complexity index is 1370. The van der Waals surface area contributed by atoms with E-state index in [0.717, 1.165) is 56.7 Å². The summed E-state index contributed by atoms with van der Waals surface area (Å²) in [5.74, 6) is 0.667. The Morgan fingerprint density at radius 1 is 1.03 bits per heavy atom. The van der Waals surface area contributed by atoms with Gasteiger partial charge in [0.15, 0.2) is 5.82 Å². The molecule has 4 heterocycles. The second-order valence-corrected chi connectivity index (χ2v) is 12.7. The summed E-state index contributed by atoms with van der Waals surface area (Å²) >= 11 is 0. The van der Waals surface area contributed by atoms with Crippen LogP contribution in [0, 0.1) is 5.41 Å². The van der Waals surface area contributed by atoms with Gasteiger partial charge in [-0.2, -0.15) is 18.3 Å². The molecule has 0 saturated carbocycles. The van der Waals surface area contributed by atoms with Crippen LogP contribution in [0.25, 0.3) is 5.52 Å². The first-order valence-electron chi connectivity index (χ1n) is 12.3. The quantitative estimate of drug-likeness (QED) is 0.461. The highest BCUT2D eigenvalue weighted by Crippen LogP contribution is 2.42. The van der Waals surface area contributed by atoms with E-state index in [-0.39, 0.29) is 16.7 Å². The van der Waals surface area contributed by atoms with Crippen LogP contribution in [-0.2, 0) is 28.7 Å². The summed E-state index contributed by atoms with van der Waals surface area (Å²) in [7, 11) is -0.221. The molecule has 2 aliphatic rings. The summed E-state index contributed by atoms with van der Waals surface area (Å²) in [6.07, 6.45) is -0.381. The van der Waals surface area contributed by atoms with E-state index in [1.165, 1.54) is 35.4 Å². The van der Waals surface area contributed by atoms with E-state index in [1.54, 1.807) is 6.07 Å². The minimum Gasteiger partial charge on any atom is -0.354 e. The molecule has 0 N–H and O–H groups in total. The Labute approximate surface area is 214 Å². The number of benzene rings is 1. The zero-order valence-electron chi connectivity index (χ0n) is 20.9. The summed E-state index contributed by atoms with van der Waals surface area (Å²) < 4.78 is 65.6. The van der Waals surface area contributed by atoms with Gasteiger partial charge < -0.3 is 4.90 Å². The topological polar surface area (TPSA) is 74.1 Å². The summed E-state index contributed by atoms with van der Waals surface area (Å²) in [5.41, 5.74) is 2.80. The number of hydrogen-bond donors (Lipinski definition) is 0. The summed E-state index contributed by atoms with van der Waals surface area (Å²) in [5, 5.41) is 4.11. The third-order valence-electron chi connectivity index (χ3n) is 7.44. The van der Waals surface area contributed by atoms with Crippen molar-refractivity contribution >= 4 is 21.4 Å². The van der Waals surface area contributed by atoms with E-state index >= 15 is 0 Å². The summed E-state index contributed by atoms with van der Waals surface area (Å²) in [6.45, 7) is 4.29. The summed E-state index contributed by atoms with van der Waals surface area (Å²) in [4.78, 5) is 9.04. The Balaban J connectivity index is 1.23. The number of sulfonamides is 1. The highest BCUT2D eigenvalue weighted by molar-refractivity contribution is 7.88. The molecule has 200 valence electrons. The lowest BCUT2D eigenvalue weighted by molar-refractivity contribution is -0.127. The van der Waals surface area contributed by atoms with Gasteiger partial charge in [0.2, 0.25) is 10.0 Å². The van der Waals surface area contributed by atoms with E-state index < -0.39 is 22.6 Å². The fourth-order valence-electron chi connectivity index (χ4n) is 5.49. The van der Waals surface area contributed by atoms with Crippen molar-refractivity contribution in [1.82, 2.24) is 23.8 Å². The van der Waals surface area contributed by atoms with Crippen molar-refractivity contribution in [3.05, 3.63) is 59.5 Å². The molecule has 1 unspecified atom stereocenters. The minimum atomic E-state index is -4.27. The van der Waals surface area contributed by atoms with Crippen molar-refractivity contribution in [2.24, 2.45) is 5.41 Å². The maximum absolute atomic E-state index is 12.9. The predicted molar refractivity (Wildman–Crippen MR) is 135 cm³/mol. The molecule has 2 aromatic heterocycles. The fraction of sp³-hybridized carbons (Fsp3) is 0.520. The number of hydrogen-bond acceptors (Lipinski definition) is 6. The van der Waals surface area contributed by atoms with Crippen LogP contribution in [0.2, 0.25) is 0 Å². The van der Waals surface area contributed by atoms with Gasteiger partial charge in [-0.15, -0.1) is 0 Å². The SMILES string of the molecule is CN(C)S(=O)(=O)Cc1ccc(CN2CCC3(CCN(c4ncnn5cc(CC(F)(F)F)cc45)C3)C2)cc1. The van der Waals surface area contributed by atoms with Crippen molar-refractivity contribution in [3.8, 4) is 0 Å². The first-order chi connectivity index (χ1) is 17.4. The van der Waals surface area contributed by atoms with Gasteiger partial charge in [-0.1, -0.05) is 24.3 Å². The van der Waals surface area contributed by atoms with Crippen LogP contribution in [-0.4, -0.2) is 78.7 Å². The van der Waals surface area contributed by atoms with E-state index in [2.05, 4.69) is 19.9 Å². The maximum Gasteiger partial charge on any atom is 0.393 e. The predicted octanol–water partition coefficient (Wildman–Crippen LogP) is 3.33. The molecule has 5 rings (SSSR count). The Kier molecular flexibility index (Phi) is 6.70. The van der Waals surface area contributed by atoms with E-state index in [9.17, 15) is 21.6 Å². The van der Waals surface area contributed by atoms with Gasteiger partial charge in [-0.3, -0.25) is 4.90 Å². The van der Waals surface area contributed by atoms with Crippen LogP contribution in [0.3, 0.4) is 0 Å². The first-order valence-corrected chi connectivity index (χ1v) is 13.9. The zero-order chi connectivity index (χ0) is 26.4. The molecule has 37 heavy (non-hydrogen) atoms. The smallest absolute Gasteiger partial charge is 0.354 e. The van der Waals surface area contributed by atoms with Crippen LogP contribution < -0.4 is 4.90 Å². The lowest BCUT2D eigenvalue weighted by Crippen LogP contribution is -2.31. The van der Waals surface area contributed by atoms with Gasteiger partial charge in [0, 0.05) is 51.9 Å². The monoisotopic (exact) mass is 536 g/mol. The van der Waals surface area contributed by atoms with Gasteiger partial charge in [0.05, 0.1) is 12.2 Å². The van der Waals surface area contributed by atoms with Crippen molar-refractivity contribution in [2.45, 2.75) is 37.7 Å². The number of aromatic nitrogens is 3. The first kappa shape index (κ1) is 25.9. The Morgan fingerprint density at radius 2 is 1.73 bits per heavy atom. The number of halogens is 3. The molecule has 1 spiro atoms. The van der Waals surface area contributed by atoms with Crippen LogP contribution in [0.15, 0.2) is 42.9 Å². The van der Waals surface area contributed by atoms with Gasteiger partial charge in [0.1, 0.15) is 11.8 Å². The van der Waals surface area contributed by atoms with Crippen molar-refractivity contribution in [3.63, 3.8) is 0 Å². The number of fused-ring (bicyclic) bond motifs is 1. The van der Waals surface area contributed by atoms with Crippen LogP contribution >= 0.6 is 0 Å². The molecule has 12 heteroatoms. The molecule has 2 saturated heterocycles. The molecule has 0 radical (unpaired) electrons. The molecule has 0 amide bonds. The molecule has 8 nitrogen and oxygen atoms in total. The van der Waals surface area contributed by atoms with Gasteiger partial charge in [-0.25, -0.2) is 22.2 Å². The number of alkyl halides is 3. The van der Waals surface area contributed by atoms with Gasteiger partial charge in [0.25, 0.3) is 0 Å². The van der Waals surface area contributed by atoms with E-state index in [1.807, 2.05) is 24.3 Å². The average Bonchev–Trinajstić information content (AvgIpc) is 3.52. The molecule has 3 aromatic rings. The lowest BCUT2D eigenvalue weighted by atomic mass is 9.86. The Morgan fingerprint density at radius 3 is 2.43 bits per heavy atom. The largest absolute Gasteiger partial charge is 0.393 e. The molecule has 0 bridgehead atoms. The second kappa shape index (κ2) is 9.55. The molecule has 1 atom stereocenters. The normalized spacial score (nSPS) is 21.2. The number of rotatable bonds is 7. The van der Waals surface area contributed by atoms with Gasteiger partial charge in [-0.05, 0) is 42.1 Å². The molecule has 2 fully saturated rings. The van der Waals surface area contributed by atoms with Crippen LogP contribution in [0.1, 0.15) is 29.5 Å². The van der Waals surface area contributed by atoms with Crippen molar-refractivity contribution in [1.29, 1.82) is 0 Å². The number of likely N-dealkylation sites (tertiary alicyclic amines) is 1. The average molecular weight is 537 g/mol. The minimum absolute atomic E-state index is 0.0153. The zero-order valence-corrected chi connectivity index (χ0v) is 21.8. The number of nitrogens with zero attached hydrogens (tertiary/aromatic N) is 6. The highest BCUT2D eigenvalue weighted by atomic mass is 32.2. The van der Waals surface area contributed by atoms with Gasteiger partial charge >= 0.3 is 6.18 Å². The molecule has 1 aromatic carbocycles. The fourth-order valence-corrected chi connectivity index (χ4v) is 6.36. The lowest BCUT2D eigenvalue weighted by Gasteiger charge is -2.25. The molecular formula is C25H31F3N6O2S. The second-order valence-electron chi connectivity index (χ2n) is 10.5. The third-order valence-corrected chi connectivity index (χ3v) is 9.25. The van der Waals surface area contributed by atoms with Crippen LogP contribution in [0.4, 0.5) is 19.0 Å². The highest BCUT2D eigenvalue weighted by Gasteiger charge is 2.44. The van der Waals surface area contributed by atoms with E-state index in [0.29, 0.717) is 11.3 Å². The van der Waals surface area contributed by atoms with Crippen molar-refractivity contribution in [2.75, 3.05) is 45.2 Å². The summed E-state index contributed by atoms with van der Waals surface area (Å²) in [6, 6.07) is 9.29. The van der Waals surface area contributed by atoms with Crippen molar-refractivity contribution < 1.29 is 21.6 Å². The third kappa shape index (κ3) is 5.75. The molecule has 0 aliphatic carbocycles. The molecule has 2 aliphatic heterocycles. The molecular weight excluding hydrogens is 505 g/mol. The maximum atomic E-state index is 12.9.